The molecule has 3 rings (SSSR count). The van der Waals surface area contributed by atoms with Crippen LogP contribution in [0.25, 0.3) is 0 Å². The van der Waals surface area contributed by atoms with Crippen LogP contribution >= 0.6 is 0 Å². The average molecular weight is 389 g/mol. The van der Waals surface area contributed by atoms with E-state index >= 15 is 0 Å². The average Bonchev–Trinajstić information content (AvgIpc) is 3.16. The quantitative estimate of drug-likeness (QED) is 0.738. The first-order chi connectivity index (χ1) is 13.0. The fraction of sp³-hybridized carbons (Fsp3) is 0.368. The molecule has 27 heavy (non-hydrogen) atoms. The summed E-state index contributed by atoms with van der Waals surface area (Å²) in [7, 11) is -3.51. The van der Waals surface area contributed by atoms with E-state index in [1.165, 1.54) is 10.5 Å². The summed E-state index contributed by atoms with van der Waals surface area (Å²) in [6.07, 6.45) is 4.41. The van der Waals surface area contributed by atoms with Crippen molar-refractivity contribution in [3.63, 3.8) is 0 Å². The van der Waals surface area contributed by atoms with Gasteiger partial charge in [-0.1, -0.05) is 12.1 Å². The molecule has 1 atom stereocenters. The lowest BCUT2D eigenvalue weighted by atomic mass is 9.97. The fourth-order valence-electron chi connectivity index (χ4n) is 3.28. The van der Waals surface area contributed by atoms with Gasteiger partial charge < -0.3 is 10.4 Å². The minimum absolute atomic E-state index is 0.102. The number of aromatic nitrogens is 1. The van der Waals surface area contributed by atoms with Crippen LogP contribution in [0.3, 0.4) is 0 Å². The van der Waals surface area contributed by atoms with Gasteiger partial charge in [-0.25, -0.2) is 8.42 Å². The number of nitrogens with one attached hydrogen (secondary N) is 1. The van der Waals surface area contributed by atoms with Crippen LogP contribution in [0.4, 0.5) is 0 Å². The number of aliphatic hydroxyl groups excluding tert-OH is 1. The number of hydrogen-bond acceptors (Lipinski definition) is 5. The Morgan fingerprint density at radius 1 is 1.30 bits per heavy atom. The number of carbonyl (C=O) groups is 1. The fourth-order valence-corrected chi connectivity index (χ4v) is 4.77. The van der Waals surface area contributed by atoms with Gasteiger partial charge in [-0.05, 0) is 48.6 Å². The summed E-state index contributed by atoms with van der Waals surface area (Å²) in [6.45, 7) is 1.05. The van der Waals surface area contributed by atoms with E-state index in [1.54, 1.807) is 24.4 Å². The van der Waals surface area contributed by atoms with E-state index in [9.17, 15) is 13.2 Å². The Morgan fingerprint density at radius 2 is 2.15 bits per heavy atom. The molecule has 1 unspecified atom stereocenters. The molecule has 1 fully saturated rings. The number of amides is 1. The number of pyridine rings is 1. The minimum atomic E-state index is -3.51. The van der Waals surface area contributed by atoms with Crippen molar-refractivity contribution in [2.75, 3.05) is 26.2 Å². The van der Waals surface area contributed by atoms with Crippen molar-refractivity contribution in [2.45, 2.75) is 17.7 Å². The maximum Gasteiger partial charge on any atom is 0.251 e. The molecule has 2 heterocycles. The number of nitrogens with zero attached hydrogens (tertiary/aromatic N) is 2. The van der Waals surface area contributed by atoms with Crippen molar-refractivity contribution >= 4 is 15.9 Å². The highest BCUT2D eigenvalue weighted by Gasteiger charge is 2.32. The standard InChI is InChI=1S/C19H23N3O4S/c23-10-8-21-19(24)17-4-1-3-15(12-17)11-16-6-9-22(14-16)27(25,26)18-5-2-7-20-13-18/h1-5,7,12-13,16,23H,6,8-11,14H2,(H,21,24). The molecule has 1 aliphatic rings. The Hall–Kier alpha value is -2.29. The van der Waals surface area contributed by atoms with Crippen LogP contribution in [0, 0.1) is 5.92 Å². The molecule has 1 aromatic carbocycles. The second-order valence-corrected chi connectivity index (χ2v) is 8.53. The molecule has 1 amide bonds. The van der Waals surface area contributed by atoms with E-state index in [2.05, 4.69) is 10.3 Å². The van der Waals surface area contributed by atoms with Gasteiger partial charge >= 0.3 is 0 Å². The van der Waals surface area contributed by atoms with Gasteiger partial charge in [-0.3, -0.25) is 9.78 Å². The predicted octanol–water partition coefficient (Wildman–Crippen LogP) is 1.06. The normalized spacial score (nSPS) is 17.7. The van der Waals surface area contributed by atoms with Crippen LogP contribution < -0.4 is 5.32 Å². The number of hydrogen-bond donors (Lipinski definition) is 2. The smallest absolute Gasteiger partial charge is 0.251 e. The van der Waals surface area contributed by atoms with Gasteiger partial charge in [0.25, 0.3) is 5.91 Å². The maximum atomic E-state index is 12.7. The number of aliphatic hydroxyl groups is 1. The number of rotatable bonds is 7. The Kier molecular flexibility index (Phi) is 6.20. The molecule has 0 aliphatic carbocycles. The summed E-state index contributed by atoms with van der Waals surface area (Å²) in [5.41, 5.74) is 1.54. The number of benzene rings is 1. The summed E-state index contributed by atoms with van der Waals surface area (Å²) >= 11 is 0. The molecular weight excluding hydrogens is 366 g/mol. The molecule has 1 aliphatic heterocycles. The first kappa shape index (κ1) is 19.5. The summed E-state index contributed by atoms with van der Waals surface area (Å²) < 4.78 is 26.9. The van der Waals surface area contributed by atoms with E-state index in [0.717, 1.165) is 12.0 Å². The van der Waals surface area contributed by atoms with Gasteiger partial charge in [0.1, 0.15) is 4.90 Å². The Bertz CT molecular complexity index is 887. The molecule has 2 aromatic rings. The molecular formula is C19H23N3O4S. The Balaban J connectivity index is 1.64. The largest absolute Gasteiger partial charge is 0.395 e. The highest BCUT2D eigenvalue weighted by molar-refractivity contribution is 7.89. The second-order valence-electron chi connectivity index (χ2n) is 6.59. The van der Waals surface area contributed by atoms with Crippen LogP contribution in [0.2, 0.25) is 0 Å². The number of carbonyl (C=O) groups excluding carboxylic acids is 1. The number of sulfonamides is 1. The van der Waals surface area contributed by atoms with E-state index in [-0.39, 0.29) is 29.9 Å². The molecule has 1 aromatic heterocycles. The zero-order chi connectivity index (χ0) is 19.3. The summed E-state index contributed by atoms with van der Waals surface area (Å²) in [5, 5.41) is 11.4. The molecule has 0 bridgehead atoms. The molecule has 144 valence electrons. The lowest BCUT2D eigenvalue weighted by molar-refractivity contribution is 0.0944. The van der Waals surface area contributed by atoms with Crippen molar-refractivity contribution < 1.29 is 18.3 Å². The molecule has 0 spiro atoms. The molecule has 7 nitrogen and oxygen atoms in total. The van der Waals surface area contributed by atoms with E-state index in [1.807, 2.05) is 18.2 Å². The summed E-state index contributed by atoms with van der Waals surface area (Å²) in [4.78, 5) is 16.1. The minimum Gasteiger partial charge on any atom is -0.395 e. The first-order valence-corrected chi connectivity index (χ1v) is 10.3. The zero-order valence-corrected chi connectivity index (χ0v) is 15.7. The van der Waals surface area contributed by atoms with Crippen molar-refractivity contribution in [2.24, 2.45) is 5.92 Å². The molecule has 0 radical (unpaired) electrons. The second kappa shape index (κ2) is 8.60. The van der Waals surface area contributed by atoms with Gasteiger partial charge in [-0.2, -0.15) is 4.31 Å². The SMILES string of the molecule is O=C(NCCO)c1cccc(CC2CCN(S(=O)(=O)c3cccnc3)C2)c1. The monoisotopic (exact) mass is 389 g/mol. The maximum absolute atomic E-state index is 12.7. The van der Waals surface area contributed by atoms with Crippen molar-refractivity contribution in [3.05, 3.63) is 59.9 Å². The van der Waals surface area contributed by atoms with Crippen molar-refractivity contribution in [3.8, 4) is 0 Å². The van der Waals surface area contributed by atoms with Crippen LogP contribution in [0.15, 0.2) is 53.7 Å². The molecule has 2 N–H and O–H groups in total. The van der Waals surface area contributed by atoms with Crippen LogP contribution in [-0.4, -0.2) is 55.0 Å². The lowest BCUT2D eigenvalue weighted by Gasteiger charge is -2.16. The van der Waals surface area contributed by atoms with Gasteiger partial charge in [-0.15, -0.1) is 0 Å². The van der Waals surface area contributed by atoms with E-state index < -0.39 is 10.0 Å². The van der Waals surface area contributed by atoms with Crippen LogP contribution in [-0.2, 0) is 16.4 Å². The van der Waals surface area contributed by atoms with E-state index in [4.69, 9.17) is 5.11 Å². The lowest BCUT2D eigenvalue weighted by Crippen LogP contribution is -2.29. The van der Waals surface area contributed by atoms with Crippen LogP contribution in [0.1, 0.15) is 22.3 Å². The zero-order valence-electron chi connectivity index (χ0n) is 14.9. The Labute approximate surface area is 159 Å². The van der Waals surface area contributed by atoms with E-state index in [0.29, 0.717) is 25.1 Å². The molecule has 0 saturated carbocycles. The van der Waals surface area contributed by atoms with Crippen molar-refractivity contribution in [1.29, 1.82) is 0 Å². The summed E-state index contributed by atoms with van der Waals surface area (Å²) in [5.74, 6) is -0.0229. The van der Waals surface area contributed by atoms with Gasteiger partial charge in [0, 0.05) is 37.6 Å². The molecule has 1 saturated heterocycles. The topological polar surface area (TPSA) is 99.6 Å². The van der Waals surface area contributed by atoms with Gasteiger partial charge in [0.2, 0.25) is 10.0 Å². The highest BCUT2D eigenvalue weighted by Crippen LogP contribution is 2.26. The predicted molar refractivity (Wildman–Crippen MR) is 101 cm³/mol. The highest BCUT2D eigenvalue weighted by atomic mass is 32.2. The summed E-state index contributed by atoms with van der Waals surface area (Å²) in [6, 6.07) is 10.5. The third-order valence-electron chi connectivity index (χ3n) is 4.63. The molecule has 8 heteroatoms. The van der Waals surface area contributed by atoms with Crippen molar-refractivity contribution in [1.82, 2.24) is 14.6 Å². The van der Waals surface area contributed by atoms with Gasteiger partial charge in [0.05, 0.1) is 6.61 Å². The third kappa shape index (κ3) is 4.71. The van der Waals surface area contributed by atoms with Crippen LogP contribution in [0.5, 0.6) is 0 Å². The first-order valence-electron chi connectivity index (χ1n) is 8.89. The van der Waals surface area contributed by atoms with Gasteiger partial charge in [0.15, 0.2) is 0 Å². The Morgan fingerprint density at radius 3 is 2.89 bits per heavy atom. The third-order valence-corrected chi connectivity index (χ3v) is 6.48.